The number of hydrogen-bond donors (Lipinski definition) is 0. The van der Waals surface area contributed by atoms with Gasteiger partial charge in [0.1, 0.15) is 0 Å². The third-order valence-corrected chi connectivity index (χ3v) is 3.36. The number of rotatable bonds is 3. The monoisotopic (exact) mass is 304 g/mol. The number of hydrogen-bond acceptors (Lipinski definition) is 6. The van der Waals surface area contributed by atoms with Crippen molar-refractivity contribution < 1.29 is 4.52 Å². The van der Waals surface area contributed by atoms with E-state index < -0.39 is 0 Å². The van der Waals surface area contributed by atoms with Gasteiger partial charge in [0.15, 0.2) is 5.69 Å². The number of nitrogens with zero attached hydrogens (tertiary/aromatic N) is 6. The van der Waals surface area contributed by atoms with Crippen LogP contribution in [0.25, 0.3) is 28.7 Å². The van der Waals surface area contributed by atoms with E-state index in [-0.39, 0.29) is 0 Å². The molecule has 7 heteroatoms. The van der Waals surface area contributed by atoms with Gasteiger partial charge >= 0.3 is 0 Å². The summed E-state index contributed by atoms with van der Waals surface area (Å²) in [6.07, 6.45) is 5.12. The molecule has 0 N–H and O–H groups in total. The quantitative estimate of drug-likeness (QED) is 0.578. The zero-order valence-electron chi connectivity index (χ0n) is 12.3. The van der Waals surface area contributed by atoms with Gasteiger partial charge in [-0.05, 0) is 31.2 Å². The largest absolute Gasteiger partial charge is 0.333 e. The van der Waals surface area contributed by atoms with Crippen molar-refractivity contribution in [3.8, 4) is 28.7 Å². The van der Waals surface area contributed by atoms with E-state index in [0.717, 1.165) is 11.3 Å². The SMILES string of the molecule is Cc1ccc(-n2cc(-c3noc(-c4cccnc4)n3)nn2)cc1. The van der Waals surface area contributed by atoms with Crippen LogP contribution in [0.1, 0.15) is 5.56 Å². The molecule has 0 aliphatic rings. The van der Waals surface area contributed by atoms with Gasteiger partial charge in [-0.15, -0.1) is 5.10 Å². The van der Waals surface area contributed by atoms with Gasteiger partial charge in [0.25, 0.3) is 5.89 Å². The molecular weight excluding hydrogens is 292 g/mol. The van der Waals surface area contributed by atoms with E-state index in [4.69, 9.17) is 4.52 Å². The highest BCUT2D eigenvalue weighted by Gasteiger charge is 2.14. The molecule has 3 heterocycles. The Balaban J connectivity index is 1.65. The van der Waals surface area contributed by atoms with Crippen molar-refractivity contribution in [2.75, 3.05) is 0 Å². The van der Waals surface area contributed by atoms with Crippen LogP contribution in [0.2, 0.25) is 0 Å². The molecule has 0 fully saturated rings. The molecule has 3 aromatic heterocycles. The molecule has 0 amide bonds. The fourth-order valence-electron chi connectivity index (χ4n) is 2.12. The Morgan fingerprint density at radius 2 is 1.96 bits per heavy atom. The molecule has 0 saturated carbocycles. The Morgan fingerprint density at radius 1 is 1.09 bits per heavy atom. The zero-order chi connectivity index (χ0) is 15.6. The van der Waals surface area contributed by atoms with Crippen LogP contribution in [0.5, 0.6) is 0 Å². The molecule has 0 saturated heterocycles. The van der Waals surface area contributed by atoms with E-state index in [1.807, 2.05) is 43.3 Å². The van der Waals surface area contributed by atoms with Crippen LogP contribution in [0.3, 0.4) is 0 Å². The summed E-state index contributed by atoms with van der Waals surface area (Å²) in [4.78, 5) is 8.37. The first-order chi connectivity index (χ1) is 11.3. The highest BCUT2D eigenvalue weighted by molar-refractivity contribution is 5.55. The smallest absolute Gasteiger partial charge is 0.259 e. The fraction of sp³-hybridized carbons (Fsp3) is 0.0625. The molecule has 0 bridgehead atoms. The minimum Gasteiger partial charge on any atom is -0.333 e. The second-order valence-corrected chi connectivity index (χ2v) is 5.05. The molecule has 0 aliphatic carbocycles. The van der Waals surface area contributed by atoms with Crippen molar-refractivity contribution in [1.82, 2.24) is 30.1 Å². The third-order valence-electron chi connectivity index (χ3n) is 3.36. The summed E-state index contributed by atoms with van der Waals surface area (Å²) in [6, 6.07) is 11.7. The number of benzene rings is 1. The predicted molar refractivity (Wildman–Crippen MR) is 82.6 cm³/mol. The van der Waals surface area contributed by atoms with Crippen LogP contribution in [0.4, 0.5) is 0 Å². The molecule has 0 radical (unpaired) electrons. The lowest BCUT2D eigenvalue weighted by Gasteiger charge is -1.99. The minimum atomic E-state index is 0.391. The molecule has 112 valence electrons. The Hall–Kier alpha value is -3.35. The van der Waals surface area contributed by atoms with Crippen LogP contribution in [-0.2, 0) is 0 Å². The normalized spacial score (nSPS) is 10.8. The maximum atomic E-state index is 5.26. The maximum Gasteiger partial charge on any atom is 0.259 e. The van der Waals surface area contributed by atoms with E-state index in [9.17, 15) is 0 Å². The summed E-state index contributed by atoms with van der Waals surface area (Å²) in [5, 5.41) is 12.2. The summed E-state index contributed by atoms with van der Waals surface area (Å²) in [5.74, 6) is 0.792. The van der Waals surface area contributed by atoms with E-state index >= 15 is 0 Å². The van der Waals surface area contributed by atoms with E-state index in [1.54, 1.807) is 23.3 Å². The van der Waals surface area contributed by atoms with E-state index in [0.29, 0.717) is 17.4 Å². The first-order valence-electron chi connectivity index (χ1n) is 7.03. The van der Waals surface area contributed by atoms with Crippen molar-refractivity contribution in [2.45, 2.75) is 6.92 Å². The Morgan fingerprint density at radius 3 is 2.74 bits per heavy atom. The highest BCUT2D eigenvalue weighted by Crippen LogP contribution is 2.20. The topological polar surface area (TPSA) is 82.5 Å². The summed E-state index contributed by atoms with van der Waals surface area (Å²) in [6.45, 7) is 2.04. The van der Waals surface area contributed by atoms with Gasteiger partial charge in [-0.25, -0.2) is 4.68 Å². The van der Waals surface area contributed by atoms with Gasteiger partial charge in [-0.3, -0.25) is 4.98 Å². The average molecular weight is 304 g/mol. The molecule has 0 aliphatic heterocycles. The predicted octanol–water partition coefficient (Wildman–Crippen LogP) is 2.69. The second-order valence-electron chi connectivity index (χ2n) is 5.05. The molecule has 7 nitrogen and oxygen atoms in total. The second kappa shape index (κ2) is 5.45. The number of aryl methyl sites for hydroxylation is 1. The molecule has 4 rings (SSSR count). The maximum absolute atomic E-state index is 5.26. The van der Waals surface area contributed by atoms with Crippen molar-refractivity contribution in [2.24, 2.45) is 0 Å². The summed E-state index contributed by atoms with van der Waals surface area (Å²) in [7, 11) is 0. The van der Waals surface area contributed by atoms with Gasteiger partial charge in [-0.1, -0.05) is 28.1 Å². The lowest BCUT2D eigenvalue weighted by atomic mass is 10.2. The molecule has 23 heavy (non-hydrogen) atoms. The van der Waals surface area contributed by atoms with Gasteiger partial charge in [0.05, 0.1) is 17.4 Å². The Labute approximate surface area is 131 Å². The number of aromatic nitrogens is 6. The van der Waals surface area contributed by atoms with Crippen molar-refractivity contribution in [1.29, 1.82) is 0 Å². The third kappa shape index (κ3) is 2.59. The Kier molecular flexibility index (Phi) is 3.16. The Bertz CT molecular complexity index is 927. The fourth-order valence-corrected chi connectivity index (χ4v) is 2.12. The van der Waals surface area contributed by atoms with Crippen molar-refractivity contribution in [3.05, 3.63) is 60.6 Å². The van der Waals surface area contributed by atoms with Gasteiger partial charge in [0.2, 0.25) is 5.82 Å². The first kappa shape index (κ1) is 13.3. The van der Waals surface area contributed by atoms with Gasteiger partial charge in [-0.2, -0.15) is 4.98 Å². The molecular formula is C16H12N6O. The lowest BCUT2D eigenvalue weighted by molar-refractivity contribution is 0.432. The number of pyridine rings is 1. The molecule has 0 unspecified atom stereocenters. The molecule has 1 aromatic carbocycles. The van der Waals surface area contributed by atoms with Crippen molar-refractivity contribution >= 4 is 0 Å². The minimum absolute atomic E-state index is 0.391. The standard InChI is InChI=1S/C16H12N6O/c1-11-4-6-13(7-5-11)22-10-14(19-21-22)15-18-16(23-20-15)12-3-2-8-17-9-12/h2-10H,1H3. The van der Waals surface area contributed by atoms with Gasteiger partial charge < -0.3 is 4.52 Å². The molecule has 4 aromatic rings. The zero-order valence-corrected chi connectivity index (χ0v) is 12.3. The first-order valence-corrected chi connectivity index (χ1v) is 7.03. The summed E-state index contributed by atoms with van der Waals surface area (Å²) in [5.41, 5.74) is 3.42. The lowest BCUT2D eigenvalue weighted by Crippen LogP contribution is -1.94. The van der Waals surface area contributed by atoms with Crippen LogP contribution in [0.15, 0.2) is 59.5 Å². The van der Waals surface area contributed by atoms with Crippen LogP contribution in [-0.4, -0.2) is 30.1 Å². The van der Waals surface area contributed by atoms with E-state index in [1.165, 1.54) is 5.56 Å². The van der Waals surface area contributed by atoms with Gasteiger partial charge in [0, 0.05) is 12.4 Å². The molecule has 0 spiro atoms. The van der Waals surface area contributed by atoms with Crippen LogP contribution < -0.4 is 0 Å². The van der Waals surface area contributed by atoms with Crippen LogP contribution >= 0.6 is 0 Å². The van der Waals surface area contributed by atoms with Crippen LogP contribution in [0, 0.1) is 6.92 Å². The summed E-state index contributed by atoms with van der Waals surface area (Å²) >= 11 is 0. The highest BCUT2D eigenvalue weighted by atomic mass is 16.5. The molecule has 0 atom stereocenters. The summed E-state index contributed by atoms with van der Waals surface area (Å²) < 4.78 is 6.93. The van der Waals surface area contributed by atoms with E-state index in [2.05, 4.69) is 25.4 Å². The van der Waals surface area contributed by atoms with Crippen molar-refractivity contribution in [3.63, 3.8) is 0 Å². The average Bonchev–Trinajstić information content (AvgIpc) is 3.26.